The van der Waals surface area contributed by atoms with Crippen molar-refractivity contribution in [2.75, 3.05) is 26.2 Å². The van der Waals surface area contributed by atoms with Gasteiger partial charge in [-0.1, -0.05) is 42.5 Å². The normalized spacial score (nSPS) is 14.0. The topological polar surface area (TPSA) is 64.0 Å². The first-order valence-electron chi connectivity index (χ1n) is 13.0. The van der Waals surface area contributed by atoms with E-state index in [1.165, 1.54) is 12.1 Å². The average Bonchev–Trinajstić information content (AvgIpc) is 3.23. The lowest BCUT2D eigenvalue weighted by Crippen LogP contribution is -2.51. The largest absolute Gasteiger partial charge is 0.444 e. The van der Waals surface area contributed by atoms with Gasteiger partial charge in [-0.2, -0.15) is 0 Å². The fraction of sp³-hybridized carbons (Fsp3) is 0.290. The quantitative estimate of drug-likeness (QED) is 0.300. The molecule has 2 heterocycles. The highest BCUT2D eigenvalue weighted by Gasteiger charge is 2.32. The Morgan fingerprint density at radius 1 is 0.846 bits per heavy atom. The van der Waals surface area contributed by atoms with Gasteiger partial charge >= 0.3 is 6.09 Å². The van der Waals surface area contributed by atoms with Crippen molar-refractivity contribution in [1.29, 1.82) is 0 Å². The van der Waals surface area contributed by atoms with Crippen molar-refractivity contribution in [1.82, 2.24) is 14.4 Å². The van der Waals surface area contributed by atoms with Crippen molar-refractivity contribution in [3.63, 3.8) is 0 Å². The summed E-state index contributed by atoms with van der Waals surface area (Å²) < 4.78 is 28.0. The predicted molar refractivity (Wildman–Crippen MR) is 148 cm³/mol. The maximum absolute atomic E-state index is 14.2. The van der Waals surface area contributed by atoms with E-state index in [1.54, 1.807) is 15.9 Å². The van der Waals surface area contributed by atoms with Crippen molar-refractivity contribution in [3.05, 3.63) is 89.7 Å². The van der Waals surface area contributed by atoms with E-state index in [2.05, 4.69) is 0 Å². The van der Waals surface area contributed by atoms with E-state index < -0.39 is 11.4 Å². The fourth-order valence-corrected chi connectivity index (χ4v) is 4.72. The van der Waals surface area contributed by atoms with Crippen LogP contribution in [-0.2, 0) is 4.74 Å². The molecular formula is C31H32FN3O4. The monoisotopic (exact) mass is 529 g/mol. The molecular weight excluding hydrogens is 497 g/mol. The lowest BCUT2D eigenvalue weighted by Gasteiger charge is -2.35. The lowest BCUT2D eigenvalue weighted by molar-refractivity contribution is 0.0140. The summed E-state index contributed by atoms with van der Waals surface area (Å²) in [4.78, 5) is 30.1. The number of nitrogens with zero attached hydrogens (tertiary/aromatic N) is 3. The molecule has 0 N–H and O–H groups in total. The van der Waals surface area contributed by atoms with Crippen LogP contribution in [0.3, 0.4) is 0 Å². The minimum Gasteiger partial charge on any atom is -0.444 e. The summed E-state index contributed by atoms with van der Waals surface area (Å²) in [6.45, 7) is 8.73. The van der Waals surface area contributed by atoms with Crippen LogP contribution in [0.4, 0.5) is 9.18 Å². The van der Waals surface area contributed by atoms with E-state index in [0.29, 0.717) is 43.4 Å². The van der Waals surface area contributed by atoms with Crippen LogP contribution in [0, 0.1) is 12.7 Å². The van der Waals surface area contributed by atoms with Gasteiger partial charge in [0.2, 0.25) is 5.88 Å². The number of carbonyl (C=O) groups is 2. The molecule has 1 fully saturated rings. The van der Waals surface area contributed by atoms with E-state index >= 15 is 0 Å². The highest BCUT2D eigenvalue weighted by Crippen LogP contribution is 2.39. The molecule has 1 saturated heterocycles. The number of hydrogen-bond donors (Lipinski definition) is 0. The molecule has 1 aromatic heterocycles. The van der Waals surface area contributed by atoms with Gasteiger partial charge in [-0.05, 0) is 57.5 Å². The molecule has 3 aromatic carbocycles. The van der Waals surface area contributed by atoms with Crippen LogP contribution in [0.5, 0.6) is 11.6 Å². The van der Waals surface area contributed by atoms with Gasteiger partial charge in [0.15, 0.2) is 0 Å². The number of rotatable bonds is 4. The fourth-order valence-electron chi connectivity index (χ4n) is 4.72. The minimum absolute atomic E-state index is 0.214. The molecule has 5 rings (SSSR count). The maximum Gasteiger partial charge on any atom is 0.410 e. The summed E-state index contributed by atoms with van der Waals surface area (Å²) in [6.07, 6.45) is -0.388. The Kier molecular flexibility index (Phi) is 7.04. The summed E-state index contributed by atoms with van der Waals surface area (Å²) in [6, 6.07) is 21.6. The standard InChI is InChI=1S/C31H32FN3O4/c1-21-14-15-22(32)20-26(21)38-29-27(24-12-8-9-13-25(24)35(29)23-10-6-5-7-11-23)28(36)33-16-18-34(19-17-33)30(37)39-31(2,3)4/h5-15,20H,16-19H2,1-4H3. The molecule has 0 aliphatic carbocycles. The average molecular weight is 530 g/mol. The van der Waals surface area contributed by atoms with E-state index in [-0.39, 0.29) is 12.0 Å². The molecule has 202 valence electrons. The summed E-state index contributed by atoms with van der Waals surface area (Å²) in [5.41, 5.74) is 2.15. The zero-order chi connectivity index (χ0) is 27.7. The molecule has 0 atom stereocenters. The number of amides is 2. The van der Waals surface area contributed by atoms with Crippen LogP contribution in [0.1, 0.15) is 36.7 Å². The summed E-state index contributed by atoms with van der Waals surface area (Å²) in [5.74, 6) is 0.00680. The molecule has 8 heteroatoms. The molecule has 0 radical (unpaired) electrons. The summed E-state index contributed by atoms with van der Waals surface area (Å²) in [5, 5.41) is 0.727. The van der Waals surface area contributed by atoms with Crippen LogP contribution >= 0.6 is 0 Å². The first kappa shape index (κ1) is 26.3. The number of fused-ring (bicyclic) bond motifs is 1. The number of aromatic nitrogens is 1. The van der Waals surface area contributed by atoms with E-state index in [0.717, 1.165) is 22.2 Å². The van der Waals surface area contributed by atoms with Crippen LogP contribution in [0.2, 0.25) is 0 Å². The molecule has 0 bridgehead atoms. The Hall–Kier alpha value is -4.33. The Bertz CT molecular complexity index is 1520. The SMILES string of the molecule is Cc1ccc(F)cc1Oc1c(C(=O)N2CCN(C(=O)OC(C)(C)C)CC2)c2ccccc2n1-c1ccccc1. The Labute approximate surface area is 227 Å². The maximum atomic E-state index is 14.2. The second kappa shape index (κ2) is 10.4. The number of aryl methyl sites for hydroxylation is 1. The summed E-state index contributed by atoms with van der Waals surface area (Å²) in [7, 11) is 0. The van der Waals surface area contributed by atoms with Gasteiger partial charge in [0.05, 0.1) is 5.52 Å². The summed E-state index contributed by atoms with van der Waals surface area (Å²) >= 11 is 0. The molecule has 0 spiro atoms. The minimum atomic E-state index is -0.593. The zero-order valence-corrected chi connectivity index (χ0v) is 22.6. The molecule has 2 amide bonds. The number of ether oxygens (including phenoxy) is 2. The Morgan fingerprint density at radius 3 is 2.18 bits per heavy atom. The van der Waals surface area contributed by atoms with Gasteiger partial charge in [-0.15, -0.1) is 0 Å². The van der Waals surface area contributed by atoms with Gasteiger partial charge in [0.25, 0.3) is 5.91 Å². The second-order valence-electron chi connectivity index (χ2n) is 10.6. The highest BCUT2D eigenvalue weighted by molar-refractivity contribution is 6.10. The third-order valence-electron chi connectivity index (χ3n) is 6.63. The van der Waals surface area contributed by atoms with Gasteiger partial charge in [0.1, 0.15) is 22.7 Å². The number of hydrogen-bond acceptors (Lipinski definition) is 4. The number of carbonyl (C=O) groups excluding carboxylic acids is 2. The third kappa shape index (κ3) is 5.46. The first-order valence-corrected chi connectivity index (χ1v) is 13.0. The van der Waals surface area contributed by atoms with Crippen molar-refractivity contribution >= 4 is 22.9 Å². The number of benzene rings is 3. The van der Waals surface area contributed by atoms with Crippen molar-refractivity contribution in [2.24, 2.45) is 0 Å². The van der Waals surface area contributed by atoms with Gasteiger partial charge in [-0.25, -0.2) is 9.18 Å². The zero-order valence-electron chi connectivity index (χ0n) is 22.6. The van der Waals surface area contributed by atoms with Gasteiger partial charge < -0.3 is 19.3 Å². The number of piperazine rings is 1. The van der Waals surface area contributed by atoms with Crippen LogP contribution in [0.25, 0.3) is 16.6 Å². The second-order valence-corrected chi connectivity index (χ2v) is 10.6. The van der Waals surface area contributed by atoms with Crippen molar-refractivity contribution in [2.45, 2.75) is 33.3 Å². The lowest BCUT2D eigenvalue weighted by atomic mass is 10.1. The molecule has 0 unspecified atom stereocenters. The molecule has 39 heavy (non-hydrogen) atoms. The molecule has 7 nitrogen and oxygen atoms in total. The van der Waals surface area contributed by atoms with Crippen LogP contribution < -0.4 is 4.74 Å². The predicted octanol–water partition coefficient (Wildman–Crippen LogP) is 6.56. The molecule has 1 aliphatic heterocycles. The van der Waals surface area contributed by atoms with Crippen LogP contribution in [0.15, 0.2) is 72.8 Å². The van der Waals surface area contributed by atoms with Crippen molar-refractivity contribution in [3.8, 4) is 17.3 Å². The van der Waals surface area contributed by atoms with Crippen molar-refractivity contribution < 1.29 is 23.5 Å². The molecule has 0 saturated carbocycles. The van der Waals surface area contributed by atoms with E-state index in [9.17, 15) is 14.0 Å². The van der Waals surface area contributed by atoms with Gasteiger partial charge in [-0.3, -0.25) is 9.36 Å². The Morgan fingerprint density at radius 2 is 1.49 bits per heavy atom. The molecule has 1 aliphatic rings. The molecule has 4 aromatic rings. The van der Waals surface area contributed by atoms with Crippen LogP contribution in [-0.4, -0.2) is 58.1 Å². The third-order valence-corrected chi connectivity index (χ3v) is 6.63. The van der Waals surface area contributed by atoms with E-state index in [1.807, 2.05) is 86.9 Å². The smallest absolute Gasteiger partial charge is 0.410 e. The number of halogens is 1. The highest BCUT2D eigenvalue weighted by atomic mass is 19.1. The van der Waals surface area contributed by atoms with Gasteiger partial charge in [0, 0.05) is 43.3 Å². The van der Waals surface area contributed by atoms with E-state index in [4.69, 9.17) is 9.47 Å². The first-order chi connectivity index (χ1) is 18.6. The number of para-hydroxylation sites is 2. The Balaban J connectivity index is 1.56.